The Morgan fingerprint density at radius 1 is 1.59 bits per heavy atom. The van der Waals surface area contributed by atoms with E-state index < -0.39 is 16.8 Å². The molecule has 92 valence electrons. The Morgan fingerprint density at radius 3 is 2.76 bits per heavy atom. The summed E-state index contributed by atoms with van der Waals surface area (Å²) in [6.07, 6.45) is 0. The van der Waals surface area contributed by atoms with E-state index in [9.17, 15) is 14.9 Å². The third-order valence-corrected chi connectivity index (χ3v) is 2.22. The summed E-state index contributed by atoms with van der Waals surface area (Å²) in [6, 6.07) is 4.54. The van der Waals surface area contributed by atoms with Crippen LogP contribution in [0, 0.1) is 23.0 Å². The zero-order valence-corrected chi connectivity index (χ0v) is 9.54. The smallest absolute Gasteiger partial charge is 0.311 e. The number of carboxylic acid groups (broad SMARTS) is 1. The minimum absolute atomic E-state index is 0.0914. The molecule has 17 heavy (non-hydrogen) atoms. The van der Waals surface area contributed by atoms with Gasteiger partial charge in [0.05, 0.1) is 10.8 Å². The zero-order chi connectivity index (χ0) is 13.0. The standard InChI is InChI=1S/C11H13NO5/c1-7-3-4-10(9(5-7)12(15)16)17-6-8(2)11(13)14/h3-5,8H,6H2,1-2H3,(H,13,14). The van der Waals surface area contributed by atoms with E-state index in [2.05, 4.69) is 0 Å². The fourth-order valence-corrected chi connectivity index (χ4v) is 1.18. The first-order valence-corrected chi connectivity index (χ1v) is 5.02. The van der Waals surface area contributed by atoms with Crippen LogP contribution in [-0.4, -0.2) is 22.6 Å². The maximum atomic E-state index is 10.8. The summed E-state index contributed by atoms with van der Waals surface area (Å²) in [4.78, 5) is 20.8. The van der Waals surface area contributed by atoms with Crippen LogP contribution in [0.15, 0.2) is 18.2 Å². The number of hydrogen-bond acceptors (Lipinski definition) is 4. The van der Waals surface area contributed by atoms with Gasteiger partial charge in [0.25, 0.3) is 0 Å². The highest BCUT2D eigenvalue weighted by atomic mass is 16.6. The molecule has 0 aliphatic rings. The molecule has 0 fully saturated rings. The highest BCUT2D eigenvalue weighted by molar-refractivity contribution is 5.69. The van der Waals surface area contributed by atoms with Gasteiger partial charge in [-0.2, -0.15) is 0 Å². The maximum Gasteiger partial charge on any atom is 0.311 e. The second-order valence-corrected chi connectivity index (χ2v) is 3.78. The number of benzene rings is 1. The summed E-state index contributed by atoms with van der Waals surface area (Å²) < 4.78 is 5.15. The van der Waals surface area contributed by atoms with E-state index in [1.807, 2.05) is 0 Å². The molecule has 0 spiro atoms. The van der Waals surface area contributed by atoms with E-state index in [-0.39, 0.29) is 18.0 Å². The highest BCUT2D eigenvalue weighted by Crippen LogP contribution is 2.28. The van der Waals surface area contributed by atoms with Crippen molar-refractivity contribution in [2.45, 2.75) is 13.8 Å². The molecule has 0 aliphatic heterocycles. The number of aliphatic carboxylic acids is 1. The SMILES string of the molecule is Cc1ccc(OCC(C)C(=O)O)c([N+](=O)[O-])c1. The van der Waals surface area contributed by atoms with Crippen LogP contribution < -0.4 is 4.74 Å². The average Bonchev–Trinajstić information content (AvgIpc) is 2.26. The average molecular weight is 239 g/mol. The van der Waals surface area contributed by atoms with Gasteiger partial charge in [-0.15, -0.1) is 0 Å². The van der Waals surface area contributed by atoms with Crippen molar-refractivity contribution in [3.8, 4) is 5.75 Å². The normalized spacial score (nSPS) is 11.9. The molecule has 1 atom stereocenters. The first kappa shape index (κ1) is 13.0. The first-order valence-electron chi connectivity index (χ1n) is 5.02. The zero-order valence-electron chi connectivity index (χ0n) is 9.54. The first-order chi connectivity index (χ1) is 7.91. The second kappa shape index (κ2) is 5.29. The number of ether oxygens (including phenoxy) is 1. The molecule has 1 aromatic rings. The number of carbonyl (C=O) groups is 1. The number of nitro groups is 1. The summed E-state index contributed by atoms with van der Waals surface area (Å²) in [5.74, 6) is -1.62. The van der Waals surface area contributed by atoms with E-state index >= 15 is 0 Å². The van der Waals surface area contributed by atoms with Crippen LogP contribution >= 0.6 is 0 Å². The minimum Gasteiger partial charge on any atom is -0.486 e. The molecule has 0 heterocycles. The van der Waals surface area contributed by atoms with Crippen molar-refractivity contribution in [2.24, 2.45) is 5.92 Å². The molecular weight excluding hydrogens is 226 g/mol. The van der Waals surface area contributed by atoms with Gasteiger partial charge in [-0.05, 0) is 25.5 Å². The van der Waals surface area contributed by atoms with Gasteiger partial charge < -0.3 is 9.84 Å². The quantitative estimate of drug-likeness (QED) is 0.627. The Bertz CT molecular complexity index is 443. The molecule has 0 bridgehead atoms. The van der Waals surface area contributed by atoms with Crippen molar-refractivity contribution in [3.63, 3.8) is 0 Å². The summed E-state index contributed by atoms with van der Waals surface area (Å²) in [6.45, 7) is 3.11. The van der Waals surface area contributed by atoms with E-state index in [1.165, 1.54) is 19.1 Å². The van der Waals surface area contributed by atoms with E-state index in [1.54, 1.807) is 13.0 Å². The highest BCUT2D eigenvalue weighted by Gasteiger charge is 2.18. The molecule has 6 nitrogen and oxygen atoms in total. The molecule has 1 N–H and O–H groups in total. The number of rotatable bonds is 5. The molecule has 1 rings (SSSR count). The molecule has 1 aromatic carbocycles. The van der Waals surface area contributed by atoms with E-state index in [0.717, 1.165) is 5.56 Å². The molecule has 0 amide bonds. The predicted molar refractivity (Wildman–Crippen MR) is 60.1 cm³/mol. The number of nitrogens with zero attached hydrogens (tertiary/aromatic N) is 1. The molecular formula is C11H13NO5. The lowest BCUT2D eigenvalue weighted by Crippen LogP contribution is -2.18. The third-order valence-electron chi connectivity index (χ3n) is 2.22. The van der Waals surface area contributed by atoms with Gasteiger partial charge in [0.1, 0.15) is 6.61 Å². The Hall–Kier alpha value is -2.11. The van der Waals surface area contributed by atoms with Gasteiger partial charge in [-0.3, -0.25) is 14.9 Å². The van der Waals surface area contributed by atoms with Crippen LogP contribution in [0.2, 0.25) is 0 Å². The van der Waals surface area contributed by atoms with Crippen molar-refractivity contribution in [1.29, 1.82) is 0 Å². The van der Waals surface area contributed by atoms with Gasteiger partial charge in [0, 0.05) is 6.07 Å². The van der Waals surface area contributed by atoms with Crippen LogP contribution in [0.1, 0.15) is 12.5 Å². The number of hydrogen-bond donors (Lipinski definition) is 1. The predicted octanol–water partition coefficient (Wildman–Crippen LogP) is 2.00. The molecule has 0 radical (unpaired) electrons. The largest absolute Gasteiger partial charge is 0.486 e. The van der Waals surface area contributed by atoms with E-state index in [4.69, 9.17) is 9.84 Å². The van der Waals surface area contributed by atoms with Crippen LogP contribution in [0.25, 0.3) is 0 Å². The van der Waals surface area contributed by atoms with Crippen LogP contribution in [-0.2, 0) is 4.79 Å². The molecule has 0 aliphatic carbocycles. The molecule has 1 unspecified atom stereocenters. The van der Waals surface area contributed by atoms with Crippen LogP contribution in [0.4, 0.5) is 5.69 Å². The summed E-state index contributed by atoms with van der Waals surface area (Å²) in [5.41, 5.74) is 0.595. The Morgan fingerprint density at radius 2 is 2.24 bits per heavy atom. The van der Waals surface area contributed by atoms with E-state index in [0.29, 0.717) is 0 Å². The van der Waals surface area contributed by atoms with Crippen LogP contribution in [0.3, 0.4) is 0 Å². The molecule has 0 aromatic heterocycles. The minimum atomic E-state index is -1.00. The molecule has 0 saturated carbocycles. The van der Waals surface area contributed by atoms with Gasteiger partial charge in [0.15, 0.2) is 5.75 Å². The van der Waals surface area contributed by atoms with Crippen molar-refractivity contribution >= 4 is 11.7 Å². The summed E-state index contributed by atoms with van der Waals surface area (Å²) >= 11 is 0. The molecule has 6 heteroatoms. The lowest BCUT2D eigenvalue weighted by molar-refractivity contribution is -0.385. The fourth-order valence-electron chi connectivity index (χ4n) is 1.18. The lowest BCUT2D eigenvalue weighted by Gasteiger charge is -2.09. The Kier molecular flexibility index (Phi) is 4.03. The lowest BCUT2D eigenvalue weighted by atomic mass is 10.2. The fraction of sp³-hybridized carbons (Fsp3) is 0.364. The Labute approximate surface area is 98.0 Å². The monoisotopic (exact) mass is 239 g/mol. The topological polar surface area (TPSA) is 89.7 Å². The number of aryl methyl sites for hydroxylation is 1. The van der Waals surface area contributed by atoms with Gasteiger partial charge in [-0.1, -0.05) is 6.07 Å². The van der Waals surface area contributed by atoms with Gasteiger partial charge >= 0.3 is 11.7 Å². The van der Waals surface area contributed by atoms with Crippen molar-refractivity contribution in [1.82, 2.24) is 0 Å². The maximum absolute atomic E-state index is 10.8. The Balaban J connectivity index is 2.84. The number of nitro benzene ring substituents is 1. The van der Waals surface area contributed by atoms with Crippen molar-refractivity contribution in [2.75, 3.05) is 6.61 Å². The van der Waals surface area contributed by atoms with Crippen molar-refractivity contribution in [3.05, 3.63) is 33.9 Å². The molecule has 0 saturated heterocycles. The summed E-state index contributed by atoms with van der Waals surface area (Å²) in [7, 11) is 0. The van der Waals surface area contributed by atoms with Gasteiger partial charge in [0.2, 0.25) is 0 Å². The van der Waals surface area contributed by atoms with Crippen molar-refractivity contribution < 1.29 is 19.6 Å². The third kappa shape index (κ3) is 3.44. The number of carboxylic acids is 1. The summed E-state index contributed by atoms with van der Waals surface area (Å²) in [5, 5.41) is 19.4. The van der Waals surface area contributed by atoms with Crippen LogP contribution in [0.5, 0.6) is 5.75 Å². The van der Waals surface area contributed by atoms with Gasteiger partial charge in [-0.25, -0.2) is 0 Å². The second-order valence-electron chi connectivity index (χ2n) is 3.78.